The Hall–Kier alpha value is -1.94. The van der Waals surface area contributed by atoms with Crippen molar-refractivity contribution in [3.8, 4) is 0 Å². The van der Waals surface area contributed by atoms with E-state index in [1.807, 2.05) is 13.8 Å². The van der Waals surface area contributed by atoms with Crippen LogP contribution in [0.4, 0.5) is 0 Å². The van der Waals surface area contributed by atoms with E-state index in [0.717, 1.165) is 0 Å². The van der Waals surface area contributed by atoms with E-state index in [2.05, 4.69) is 15.0 Å². The van der Waals surface area contributed by atoms with Crippen molar-refractivity contribution in [3.63, 3.8) is 0 Å². The molecule has 1 atom stereocenters. The van der Waals surface area contributed by atoms with Gasteiger partial charge >= 0.3 is 5.97 Å². The van der Waals surface area contributed by atoms with Gasteiger partial charge in [0.25, 0.3) is 10.0 Å². The van der Waals surface area contributed by atoms with Crippen molar-refractivity contribution < 1.29 is 23.1 Å². The molecule has 1 amide bonds. The highest BCUT2D eigenvalue weighted by atomic mass is 32.2. The Morgan fingerprint density at radius 2 is 2.05 bits per heavy atom. The molecule has 0 aliphatic rings. The lowest BCUT2D eigenvalue weighted by Gasteiger charge is -2.16. The van der Waals surface area contributed by atoms with Crippen molar-refractivity contribution in [1.82, 2.24) is 19.6 Å². The van der Waals surface area contributed by atoms with Crippen LogP contribution >= 0.6 is 0 Å². The Bertz CT molecular complexity index is 638. The smallest absolute Gasteiger partial charge is 0.326 e. The van der Waals surface area contributed by atoms with E-state index in [-0.39, 0.29) is 17.4 Å². The lowest BCUT2D eigenvalue weighted by molar-refractivity contribution is -0.142. The van der Waals surface area contributed by atoms with E-state index < -0.39 is 34.5 Å². The van der Waals surface area contributed by atoms with Gasteiger partial charge in [-0.25, -0.2) is 22.9 Å². The van der Waals surface area contributed by atoms with Gasteiger partial charge in [0.05, 0.1) is 12.9 Å². The normalized spacial score (nSPS) is 13.1. The van der Waals surface area contributed by atoms with Gasteiger partial charge in [0.15, 0.2) is 5.03 Å². The molecular formula is C12H20N4O5S. The van der Waals surface area contributed by atoms with Crippen LogP contribution in [0.3, 0.4) is 0 Å². The summed E-state index contributed by atoms with van der Waals surface area (Å²) in [6, 6.07) is -1.05. The standard InChI is InChI=1S/C12H20N4O5S/c1-8(2)4-9(12(18)19)15-10(17)5-14-22(20,21)11-6-16(3)7-13-11/h6-9,14H,4-5H2,1-3H3,(H,15,17)(H,18,19)/t9-/m1/s1. The number of sulfonamides is 1. The number of amides is 1. The summed E-state index contributed by atoms with van der Waals surface area (Å²) >= 11 is 0. The number of imidazole rings is 1. The second kappa shape index (κ2) is 7.36. The molecule has 0 unspecified atom stereocenters. The highest BCUT2D eigenvalue weighted by Crippen LogP contribution is 2.05. The quantitative estimate of drug-likeness (QED) is 0.578. The maximum atomic E-state index is 11.9. The molecule has 9 nitrogen and oxygen atoms in total. The summed E-state index contributed by atoms with van der Waals surface area (Å²) in [6.07, 6.45) is 2.87. The van der Waals surface area contributed by atoms with E-state index in [9.17, 15) is 18.0 Å². The second-order valence-corrected chi connectivity index (χ2v) is 7.00. The molecule has 0 aliphatic heterocycles. The van der Waals surface area contributed by atoms with Crippen molar-refractivity contribution in [2.75, 3.05) is 6.54 Å². The van der Waals surface area contributed by atoms with Crippen LogP contribution in [0.25, 0.3) is 0 Å². The molecule has 0 aliphatic carbocycles. The summed E-state index contributed by atoms with van der Waals surface area (Å²) in [5, 5.41) is 11.1. The first-order chi connectivity index (χ1) is 10.1. The van der Waals surface area contributed by atoms with E-state index in [1.165, 1.54) is 17.1 Å². The van der Waals surface area contributed by atoms with Crippen LogP contribution in [0.1, 0.15) is 20.3 Å². The molecule has 0 bridgehead atoms. The molecule has 0 aromatic carbocycles. The highest BCUT2D eigenvalue weighted by Gasteiger charge is 2.23. The van der Waals surface area contributed by atoms with E-state index in [1.54, 1.807) is 7.05 Å². The molecule has 10 heteroatoms. The maximum Gasteiger partial charge on any atom is 0.326 e. The van der Waals surface area contributed by atoms with Gasteiger partial charge in [-0.15, -0.1) is 0 Å². The molecule has 0 radical (unpaired) electrons. The lowest BCUT2D eigenvalue weighted by Crippen LogP contribution is -2.46. The van der Waals surface area contributed by atoms with E-state index in [0.29, 0.717) is 0 Å². The Balaban J connectivity index is 2.60. The number of nitrogens with zero attached hydrogens (tertiary/aromatic N) is 2. The molecule has 22 heavy (non-hydrogen) atoms. The molecule has 0 spiro atoms. The third kappa shape index (κ3) is 5.45. The van der Waals surface area contributed by atoms with Gasteiger partial charge in [-0.05, 0) is 12.3 Å². The Labute approximate surface area is 128 Å². The number of hydrogen-bond donors (Lipinski definition) is 3. The number of hydrogen-bond acceptors (Lipinski definition) is 5. The number of rotatable bonds is 8. The molecule has 1 aromatic heterocycles. The Morgan fingerprint density at radius 3 is 2.50 bits per heavy atom. The minimum Gasteiger partial charge on any atom is -0.480 e. The molecule has 1 heterocycles. The first kappa shape index (κ1) is 18.1. The van der Waals surface area contributed by atoms with Gasteiger partial charge in [0.1, 0.15) is 6.04 Å². The van der Waals surface area contributed by atoms with Gasteiger partial charge in [0, 0.05) is 13.2 Å². The van der Waals surface area contributed by atoms with Crippen LogP contribution in [0.2, 0.25) is 0 Å². The number of nitrogens with one attached hydrogen (secondary N) is 2. The number of aryl methyl sites for hydroxylation is 1. The van der Waals surface area contributed by atoms with Crippen LogP contribution in [-0.4, -0.2) is 47.5 Å². The summed E-state index contributed by atoms with van der Waals surface area (Å²) in [5.74, 6) is -1.80. The van der Waals surface area contributed by atoms with Gasteiger partial charge in [0.2, 0.25) is 5.91 Å². The molecule has 3 N–H and O–H groups in total. The average Bonchev–Trinajstić information content (AvgIpc) is 2.82. The monoisotopic (exact) mass is 332 g/mol. The van der Waals surface area contributed by atoms with E-state index in [4.69, 9.17) is 5.11 Å². The number of carboxylic acids is 1. The summed E-state index contributed by atoms with van der Waals surface area (Å²) in [5.41, 5.74) is 0. The summed E-state index contributed by atoms with van der Waals surface area (Å²) in [7, 11) is -2.29. The number of aromatic nitrogens is 2. The average molecular weight is 332 g/mol. The minimum absolute atomic E-state index is 0.0756. The minimum atomic E-state index is -3.90. The molecule has 124 valence electrons. The Kier molecular flexibility index (Phi) is 6.06. The molecular weight excluding hydrogens is 312 g/mol. The predicted molar refractivity (Wildman–Crippen MR) is 77.4 cm³/mol. The number of carbonyl (C=O) groups is 2. The molecule has 1 aromatic rings. The fourth-order valence-electron chi connectivity index (χ4n) is 1.70. The van der Waals surface area contributed by atoms with Crippen molar-refractivity contribution in [2.45, 2.75) is 31.3 Å². The zero-order chi connectivity index (χ0) is 16.9. The van der Waals surface area contributed by atoms with Gasteiger partial charge in [-0.3, -0.25) is 4.79 Å². The summed E-state index contributed by atoms with van der Waals surface area (Å²) < 4.78 is 27.3. The fourth-order valence-corrected chi connectivity index (χ4v) is 2.66. The topological polar surface area (TPSA) is 130 Å². The lowest BCUT2D eigenvalue weighted by atomic mass is 10.0. The van der Waals surface area contributed by atoms with E-state index >= 15 is 0 Å². The maximum absolute atomic E-state index is 11.9. The number of carbonyl (C=O) groups excluding carboxylic acids is 1. The second-order valence-electron chi connectivity index (χ2n) is 5.29. The number of aliphatic carboxylic acids is 1. The van der Waals surface area contributed by atoms with Crippen LogP contribution in [0.5, 0.6) is 0 Å². The Morgan fingerprint density at radius 1 is 1.41 bits per heavy atom. The summed E-state index contributed by atoms with van der Waals surface area (Å²) in [6.45, 7) is 3.10. The van der Waals surface area contributed by atoms with Crippen molar-refractivity contribution in [3.05, 3.63) is 12.5 Å². The fraction of sp³-hybridized carbons (Fsp3) is 0.583. The molecule has 0 saturated carbocycles. The zero-order valence-electron chi connectivity index (χ0n) is 12.6. The van der Waals surface area contributed by atoms with Crippen molar-refractivity contribution >= 4 is 21.9 Å². The van der Waals surface area contributed by atoms with Gasteiger partial charge in [-0.1, -0.05) is 13.8 Å². The summed E-state index contributed by atoms with van der Waals surface area (Å²) in [4.78, 5) is 26.4. The first-order valence-electron chi connectivity index (χ1n) is 6.61. The predicted octanol–water partition coefficient (Wildman–Crippen LogP) is -0.686. The van der Waals surface area contributed by atoms with Gasteiger partial charge < -0.3 is 15.0 Å². The SMILES string of the molecule is CC(C)C[C@@H](NC(=O)CNS(=O)(=O)c1cn(C)cn1)C(=O)O. The van der Waals surface area contributed by atoms with Crippen molar-refractivity contribution in [2.24, 2.45) is 13.0 Å². The van der Waals surface area contributed by atoms with Crippen LogP contribution < -0.4 is 10.0 Å². The third-order valence-corrected chi connectivity index (χ3v) is 4.01. The molecule has 1 rings (SSSR count). The zero-order valence-corrected chi connectivity index (χ0v) is 13.4. The number of carboxylic acid groups (broad SMARTS) is 1. The highest BCUT2D eigenvalue weighted by molar-refractivity contribution is 7.89. The van der Waals surface area contributed by atoms with Crippen LogP contribution in [0, 0.1) is 5.92 Å². The third-order valence-electron chi connectivity index (χ3n) is 2.72. The van der Waals surface area contributed by atoms with Gasteiger partial charge in [-0.2, -0.15) is 0 Å². The largest absolute Gasteiger partial charge is 0.480 e. The first-order valence-corrected chi connectivity index (χ1v) is 8.10. The molecule has 0 saturated heterocycles. The van der Waals surface area contributed by atoms with Crippen LogP contribution in [0.15, 0.2) is 17.6 Å². The van der Waals surface area contributed by atoms with Crippen molar-refractivity contribution in [1.29, 1.82) is 0 Å². The molecule has 0 fully saturated rings. The van der Waals surface area contributed by atoms with Crippen LogP contribution in [-0.2, 0) is 26.7 Å².